The number of carbonyl (C=O) groups excluding carboxylic acids is 2. The van der Waals surface area contributed by atoms with Crippen molar-refractivity contribution in [2.45, 2.75) is 47.1 Å². The first-order valence-corrected chi connectivity index (χ1v) is 10.3. The minimum absolute atomic E-state index is 0.232. The Morgan fingerprint density at radius 2 is 1.84 bits per heavy atom. The minimum Gasteiger partial charge on any atom is -0.497 e. The number of esters is 1. The van der Waals surface area contributed by atoms with Gasteiger partial charge in [0.1, 0.15) is 17.1 Å². The molecule has 0 atom stereocenters. The fourth-order valence-electron chi connectivity index (χ4n) is 3.66. The zero-order valence-corrected chi connectivity index (χ0v) is 18.7. The topological polar surface area (TPSA) is 83.6 Å². The number of aryl methyl sites for hydroxylation is 4. The lowest BCUT2D eigenvalue weighted by Crippen LogP contribution is -2.16. The van der Waals surface area contributed by atoms with Crippen LogP contribution in [0.2, 0.25) is 0 Å². The summed E-state index contributed by atoms with van der Waals surface area (Å²) in [5, 5.41) is 3.85. The van der Waals surface area contributed by atoms with E-state index in [2.05, 4.69) is 9.72 Å². The van der Waals surface area contributed by atoms with Crippen molar-refractivity contribution in [2.75, 3.05) is 13.7 Å². The molecule has 3 rings (SSSR count). The Morgan fingerprint density at radius 3 is 2.48 bits per heavy atom. The molecule has 0 N–H and O–H groups in total. The number of nitrogens with zero attached hydrogens (tertiary/aromatic N) is 2. The molecule has 0 aliphatic heterocycles. The van der Waals surface area contributed by atoms with Gasteiger partial charge in [0.2, 0.25) is 5.78 Å². The smallest absolute Gasteiger partial charge is 0.344 e. The van der Waals surface area contributed by atoms with Crippen LogP contribution in [0.15, 0.2) is 34.9 Å². The zero-order chi connectivity index (χ0) is 22.5. The third-order valence-corrected chi connectivity index (χ3v) is 5.46. The zero-order valence-electron chi connectivity index (χ0n) is 18.7. The first-order valence-electron chi connectivity index (χ1n) is 10.3. The van der Waals surface area contributed by atoms with Crippen LogP contribution in [-0.4, -0.2) is 35.2 Å². The summed E-state index contributed by atoms with van der Waals surface area (Å²) in [4.78, 5) is 25.2. The third-order valence-electron chi connectivity index (χ3n) is 5.46. The van der Waals surface area contributed by atoms with Crippen molar-refractivity contribution in [1.82, 2.24) is 9.72 Å². The summed E-state index contributed by atoms with van der Waals surface area (Å²) in [6.45, 7) is 7.83. The predicted octanol–water partition coefficient (Wildman–Crippen LogP) is 4.25. The van der Waals surface area contributed by atoms with E-state index in [9.17, 15) is 9.59 Å². The molecule has 0 unspecified atom stereocenters. The van der Waals surface area contributed by atoms with Crippen molar-refractivity contribution >= 4 is 11.8 Å². The molecule has 2 heterocycles. The Hall–Kier alpha value is -3.35. The number of methoxy groups -OCH3 is 1. The molecular formula is C24H28N2O5. The summed E-state index contributed by atoms with van der Waals surface area (Å²) in [7, 11) is 1.65. The maximum atomic E-state index is 12.7. The van der Waals surface area contributed by atoms with E-state index in [-0.39, 0.29) is 12.4 Å². The summed E-state index contributed by atoms with van der Waals surface area (Å²) < 4.78 is 17.6. The molecule has 7 nitrogen and oxygen atoms in total. The highest BCUT2D eigenvalue weighted by Gasteiger charge is 2.23. The summed E-state index contributed by atoms with van der Waals surface area (Å²) in [5.74, 6) is 0.402. The SMILES string of the molecule is CCc1noc(C)c1C(=O)OCC(=O)c1cc(C)n(CCc2ccc(OC)cc2)c1C. The Kier molecular flexibility index (Phi) is 6.95. The maximum absolute atomic E-state index is 12.7. The number of hydrogen-bond acceptors (Lipinski definition) is 6. The molecule has 0 aliphatic carbocycles. The second kappa shape index (κ2) is 9.64. The summed E-state index contributed by atoms with van der Waals surface area (Å²) in [6.07, 6.45) is 1.38. The van der Waals surface area contributed by atoms with Crippen molar-refractivity contribution in [3.8, 4) is 5.75 Å². The highest BCUT2D eigenvalue weighted by Crippen LogP contribution is 2.19. The number of Topliss-reactive ketones (excluding diaryl/α,β-unsaturated/α-hetero) is 1. The van der Waals surface area contributed by atoms with E-state index in [0.717, 1.165) is 30.1 Å². The molecule has 0 saturated carbocycles. The van der Waals surface area contributed by atoms with Gasteiger partial charge in [-0.25, -0.2) is 4.79 Å². The quantitative estimate of drug-likeness (QED) is 0.377. The van der Waals surface area contributed by atoms with Crippen LogP contribution < -0.4 is 4.74 Å². The first-order chi connectivity index (χ1) is 14.8. The summed E-state index contributed by atoms with van der Waals surface area (Å²) in [5.41, 5.74) is 4.45. The summed E-state index contributed by atoms with van der Waals surface area (Å²) >= 11 is 0. The van der Waals surface area contributed by atoms with Gasteiger partial charge in [0.05, 0.1) is 12.8 Å². The Bertz CT molecular complexity index is 1080. The van der Waals surface area contributed by atoms with Crippen molar-refractivity contribution in [1.29, 1.82) is 0 Å². The second-order valence-corrected chi connectivity index (χ2v) is 7.45. The lowest BCUT2D eigenvalue weighted by atomic mass is 10.1. The fraction of sp³-hybridized carbons (Fsp3) is 0.375. The lowest BCUT2D eigenvalue weighted by molar-refractivity contribution is 0.0472. The van der Waals surface area contributed by atoms with Crippen molar-refractivity contribution < 1.29 is 23.6 Å². The second-order valence-electron chi connectivity index (χ2n) is 7.45. The highest BCUT2D eigenvalue weighted by molar-refractivity contribution is 6.00. The molecule has 7 heteroatoms. The van der Waals surface area contributed by atoms with Gasteiger partial charge in [-0.3, -0.25) is 4.79 Å². The van der Waals surface area contributed by atoms with E-state index in [1.165, 1.54) is 5.56 Å². The average Bonchev–Trinajstić information content (AvgIpc) is 3.29. The fourth-order valence-corrected chi connectivity index (χ4v) is 3.66. The number of rotatable bonds is 9. The van der Waals surface area contributed by atoms with E-state index in [0.29, 0.717) is 29.0 Å². The van der Waals surface area contributed by atoms with Gasteiger partial charge in [-0.2, -0.15) is 0 Å². The Labute approximate surface area is 181 Å². The summed E-state index contributed by atoms with van der Waals surface area (Å²) in [6, 6.07) is 9.80. The molecule has 0 saturated heterocycles. The lowest BCUT2D eigenvalue weighted by Gasteiger charge is -2.10. The number of aromatic nitrogens is 2. The molecule has 3 aromatic rings. The molecule has 0 bridgehead atoms. The number of benzene rings is 1. The Morgan fingerprint density at radius 1 is 1.13 bits per heavy atom. The number of ether oxygens (including phenoxy) is 2. The van der Waals surface area contributed by atoms with Crippen molar-refractivity contribution in [3.63, 3.8) is 0 Å². The predicted molar refractivity (Wildman–Crippen MR) is 116 cm³/mol. The van der Waals surface area contributed by atoms with E-state index >= 15 is 0 Å². The number of carbonyl (C=O) groups is 2. The van der Waals surface area contributed by atoms with Crippen LogP contribution in [-0.2, 0) is 24.1 Å². The number of hydrogen-bond donors (Lipinski definition) is 0. The van der Waals surface area contributed by atoms with Gasteiger partial charge in [-0.05, 0) is 57.4 Å². The molecule has 0 amide bonds. The molecule has 0 aliphatic rings. The van der Waals surface area contributed by atoms with Crippen LogP contribution in [0.25, 0.3) is 0 Å². The third kappa shape index (κ3) is 4.87. The standard InChI is InChI=1S/C24H28N2O5/c1-6-21-23(17(4)31-25-21)24(28)30-14-22(27)20-13-15(2)26(16(20)3)12-11-18-7-9-19(29-5)10-8-18/h7-10,13H,6,11-12,14H2,1-5H3. The van der Waals surface area contributed by atoms with Gasteiger partial charge < -0.3 is 18.6 Å². The normalized spacial score (nSPS) is 10.9. The van der Waals surface area contributed by atoms with Gasteiger partial charge in [0.25, 0.3) is 0 Å². The molecule has 2 aromatic heterocycles. The van der Waals surface area contributed by atoms with Gasteiger partial charge in [-0.1, -0.05) is 24.2 Å². The van der Waals surface area contributed by atoms with Crippen LogP contribution >= 0.6 is 0 Å². The van der Waals surface area contributed by atoms with Gasteiger partial charge in [-0.15, -0.1) is 0 Å². The van der Waals surface area contributed by atoms with E-state index < -0.39 is 5.97 Å². The molecule has 0 radical (unpaired) electrons. The van der Waals surface area contributed by atoms with Crippen LogP contribution in [0.5, 0.6) is 5.75 Å². The van der Waals surface area contributed by atoms with Crippen LogP contribution in [0, 0.1) is 20.8 Å². The van der Waals surface area contributed by atoms with Crippen molar-refractivity contribution in [3.05, 3.63) is 69.9 Å². The highest BCUT2D eigenvalue weighted by atomic mass is 16.5. The minimum atomic E-state index is -0.586. The van der Waals surface area contributed by atoms with Crippen LogP contribution in [0.1, 0.15) is 56.0 Å². The first kappa shape index (κ1) is 22.3. The number of ketones is 1. The molecule has 0 fully saturated rings. The van der Waals surface area contributed by atoms with E-state index in [1.54, 1.807) is 14.0 Å². The average molecular weight is 424 g/mol. The van der Waals surface area contributed by atoms with E-state index in [4.69, 9.17) is 14.0 Å². The van der Waals surface area contributed by atoms with Gasteiger partial charge >= 0.3 is 5.97 Å². The molecule has 31 heavy (non-hydrogen) atoms. The van der Waals surface area contributed by atoms with Crippen LogP contribution in [0.3, 0.4) is 0 Å². The molecule has 1 aromatic carbocycles. The van der Waals surface area contributed by atoms with Gasteiger partial charge in [0.15, 0.2) is 6.61 Å². The monoisotopic (exact) mass is 424 g/mol. The van der Waals surface area contributed by atoms with E-state index in [1.807, 2.05) is 51.1 Å². The van der Waals surface area contributed by atoms with Crippen LogP contribution in [0.4, 0.5) is 0 Å². The largest absolute Gasteiger partial charge is 0.497 e. The Balaban J connectivity index is 1.65. The molecule has 0 spiro atoms. The maximum Gasteiger partial charge on any atom is 0.344 e. The molecule has 164 valence electrons. The molecular weight excluding hydrogens is 396 g/mol. The van der Waals surface area contributed by atoms with Gasteiger partial charge in [0, 0.05) is 23.5 Å². The van der Waals surface area contributed by atoms with Crippen molar-refractivity contribution in [2.24, 2.45) is 0 Å².